The average Bonchev–Trinajstić information content (AvgIpc) is 3.15. The highest BCUT2D eigenvalue weighted by Gasteiger charge is 2.05. The molecule has 24 heavy (non-hydrogen) atoms. The van der Waals surface area contributed by atoms with Gasteiger partial charge in [-0.25, -0.2) is 4.98 Å². The maximum Gasteiger partial charge on any atom is 0.251 e. The first-order chi connectivity index (χ1) is 11.7. The second kappa shape index (κ2) is 7.66. The SMILES string of the molecule is O=C(NCCOc1ccc(Cl)cc1)c1ccc(-n2ccnc2)cc1. The van der Waals surface area contributed by atoms with Crippen molar-refractivity contribution in [3.63, 3.8) is 0 Å². The second-order valence-corrected chi connectivity index (χ2v) is 5.51. The first-order valence-electron chi connectivity index (χ1n) is 7.47. The van der Waals surface area contributed by atoms with Crippen LogP contribution in [0.3, 0.4) is 0 Å². The Morgan fingerprint density at radius 2 is 1.88 bits per heavy atom. The van der Waals surface area contributed by atoms with Gasteiger partial charge in [-0.15, -0.1) is 0 Å². The molecule has 0 aliphatic carbocycles. The lowest BCUT2D eigenvalue weighted by Crippen LogP contribution is -2.28. The fourth-order valence-electron chi connectivity index (χ4n) is 2.16. The van der Waals surface area contributed by atoms with Crippen LogP contribution in [-0.4, -0.2) is 28.6 Å². The fourth-order valence-corrected chi connectivity index (χ4v) is 2.29. The number of nitrogens with one attached hydrogen (secondary N) is 1. The zero-order valence-corrected chi connectivity index (χ0v) is 13.6. The molecule has 0 fully saturated rings. The molecule has 0 aliphatic rings. The van der Waals surface area contributed by atoms with Crippen LogP contribution in [0.2, 0.25) is 5.02 Å². The highest BCUT2D eigenvalue weighted by Crippen LogP contribution is 2.15. The van der Waals surface area contributed by atoms with Gasteiger partial charge in [-0.1, -0.05) is 11.6 Å². The Balaban J connectivity index is 1.47. The molecule has 0 spiro atoms. The summed E-state index contributed by atoms with van der Waals surface area (Å²) in [4.78, 5) is 16.1. The molecule has 2 aromatic carbocycles. The summed E-state index contributed by atoms with van der Waals surface area (Å²) >= 11 is 5.81. The second-order valence-electron chi connectivity index (χ2n) is 5.08. The lowest BCUT2D eigenvalue weighted by molar-refractivity contribution is 0.0947. The summed E-state index contributed by atoms with van der Waals surface area (Å²) in [6.07, 6.45) is 5.27. The van der Waals surface area contributed by atoms with Crippen LogP contribution >= 0.6 is 11.6 Å². The Morgan fingerprint density at radius 3 is 2.54 bits per heavy atom. The molecule has 3 rings (SSSR count). The zero-order valence-electron chi connectivity index (χ0n) is 12.9. The van der Waals surface area contributed by atoms with E-state index in [4.69, 9.17) is 16.3 Å². The normalized spacial score (nSPS) is 10.4. The Hall–Kier alpha value is -2.79. The number of ether oxygens (including phenoxy) is 1. The van der Waals surface area contributed by atoms with E-state index in [1.165, 1.54) is 0 Å². The minimum atomic E-state index is -0.133. The summed E-state index contributed by atoms with van der Waals surface area (Å²) in [5.74, 6) is 0.588. The quantitative estimate of drug-likeness (QED) is 0.700. The van der Waals surface area contributed by atoms with E-state index < -0.39 is 0 Å². The van der Waals surface area contributed by atoms with Crippen molar-refractivity contribution in [2.75, 3.05) is 13.2 Å². The van der Waals surface area contributed by atoms with Gasteiger partial charge >= 0.3 is 0 Å². The minimum Gasteiger partial charge on any atom is -0.492 e. The first kappa shape index (κ1) is 16.1. The highest BCUT2D eigenvalue weighted by atomic mass is 35.5. The molecular formula is C18H16ClN3O2. The van der Waals surface area contributed by atoms with Gasteiger partial charge in [-0.2, -0.15) is 0 Å². The molecule has 1 aromatic heterocycles. The van der Waals surface area contributed by atoms with E-state index in [-0.39, 0.29) is 5.91 Å². The predicted molar refractivity (Wildman–Crippen MR) is 92.8 cm³/mol. The molecular weight excluding hydrogens is 326 g/mol. The number of imidazole rings is 1. The lowest BCUT2D eigenvalue weighted by Gasteiger charge is -2.08. The molecule has 0 bridgehead atoms. The smallest absolute Gasteiger partial charge is 0.251 e. The number of aromatic nitrogens is 2. The monoisotopic (exact) mass is 341 g/mol. The number of hydrogen-bond donors (Lipinski definition) is 1. The third-order valence-electron chi connectivity index (χ3n) is 3.40. The van der Waals surface area contributed by atoms with Gasteiger partial charge in [0.1, 0.15) is 12.4 Å². The van der Waals surface area contributed by atoms with Gasteiger partial charge in [-0.3, -0.25) is 4.79 Å². The molecule has 1 amide bonds. The van der Waals surface area contributed by atoms with Crippen LogP contribution in [0, 0.1) is 0 Å². The number of benzene rings is 2. The number of nitrogens with zero attached hydrogens (tertiary/aromatic N) is 2. The Labute approximate surface area is 144 Å². The van der Waals surface area contributed by atoms with Crippen LogP contribution in [-0.2, 0) is 0 Å². The maximum atomic E-state index is 12.1. The van der Waals surface area contributed by atoms with Crippen molar-refractivity contribution < 1.29 is 9.53 Å². The van der Waals surface area contributed by atoms with Gasteiger partial charge in [-0.05, 0) is 48.5 Å². The van der Waals surface area contributed by atoms with Crippen molar-refractivity contribution in [3.8, 4) is 11.4 Å². The number of hydrogen-bond acceptors (Lipinski definition) is 3. The van der Waals surface area contributed by atoms with Crippen LogP contribution in [0.15, 0.2) is 67.3 Å². The van der Waals surface area contributed by atoms with Gasteiger partial charge in [0.15, 0.2) is 0 Å². The van der Waals surface area contributed by atoms with E-state index in [2.05, 4.69) is 10.3 Å². The maximum absolute atomic E-state index is 12.1. The summed E-state index contributed by atoms with van der Waals surface area (Å²) < 4.78 is 7.41. The average molecular weight is 342 g/mol. The molecule has 1 N–H and O–H groups in total. The summed E-state index contributed by atoms with van der Waals surface area (Å²) in [5.41, 5.74) is 1.56. The van der Waals surface area contributed by atoms with Gasteiger partial charge in [0, 0.05) is 28.7 Å². The van der Waals surface area contributed by atoms with Crippen LogP contribution in [0.5, 0.6) is 5.75 Å². The first-order valence-corrected chi connectivity index (χ1v) is 7.85. The molecule has 6 heteroatoms. The summed E-state index contributed by atoms with van der Waals surface area (Å²) in [6.45, 7) is 0.811. The van der Waals surface area contributed by atoms with Gasteiger partial charge in [0.2, 0.25) is 0 Å². The molecule has 0 saturated heterocycles. The van der Waals surface area contributed by atoms with Crippen LogP contribution in [0.1, 0.15) is 10.4 Å². The van der Waals surface area contributed by atoms with Crippen LogP contribution in [0.25, 0.3) is 5.69 Å². The number of carbonyl (C=O) groups excluding carboxylic acids is 1. The molecule has 1 heterocycles. The number of amides is 1. The van der Waals surface area contributed by atoms with E-state index in [9.17, 15) is 4.79 Å². The van der Waals surface area contributed by atoms with Crippen molar-refractivity contribution in [3.05, 3.63) is 77.8 Å². The third-order valence-corrected chi connectivity index (χ3v) is 3.65. The summed E-state index contributed by atoms with van der Waals surface area (Å²) in [5, 5.41) is 3.49. The summed E-state index contributed by atoms with van der Waals surface area (Å²) in [7, 11) is 0. The van der Waals surface area contributed by atoms with Crippen molar-refractivity contribution in [2.45, 2.75) is 0 Å². The largest absolute Gasteiger partial charge is 0.492 e. The molecule has 5 nitrogen and oxygen atoms in total. The molecule has 122 valence electrons. The van der Waals surface area contributed by atoms with Crippen LogP contribution < -0.4 is 10.1 Å². The molecule has 0 radical (unpaired) electrons. The molecule has 0 atom stereocenters. The van der Waals surface area contributed by atoms with Crippen molar-refractivity contribution in [1.29, 1.82) is 0 Å². The van der Waals surface area contributed by atoms with Crippen molar-refractivity contribution >= 4 is 17.5 Å². The van der Waals surface area contributed by atoms with Gasteiger partial charge in [0.05, 0.1) is 12.9 Å². The fraction of sp³-hybridized carbons (Fsp3) is 0.111. The number of halogens is 1. The predicted octanol–water partition coefficient (Wildman–Crippen LogP) is 3.33. The van der Waals surface area contributed by atoms with E-state index in [0.717, 1.165) is 11.4 Å². The Morgan fingerprint density at radius 1 is 1.12 bits per heavy atom. The number of carbonyl (C=O) groups is 1. The molecule has 0 aliphatic heterocycles. The van der Waals surface area contributed by atoms with Gasteiger partial charge in [0.25, 0.3) is 5.91 Å². The van der Waals surface area contributed by atoms with Crippen molar-refractivity contribution in [2.24, 2.45) is 0 Å². The highest BCUT2D eigenvalue weighted by molar-refractivity contribution is 6.30. The third kappa shape index (κ3) is 4.14. The lowest BCUT2D eigenvalue weighted by atomic mass is 10.2. The molecule has 0 saturated carbocycles. The van der Waals surface area contributed by atoms with E-state index in [1.54, 1.807) is 48.9 Å². The zero-order chi connectivity index (χ0) is 16.8. The molecule has 0 unspecified atom stereocenters. The van der Waals surface area contributed by atoms with Gasteiger partial charge < -0.3 is 14.6 Å². The minimum absolute atomic E-state index is 0.133. The van der Waals surface area contributed by atoms with Crippen molar-refractivity contribution in [1.82, 2.24) is 14.9 Å². The Kier molecular flexibility index (Phi) is 5.13. The van der Waals surface area contributed by atoms with E-state index in [1.807, 2.05) is 22.9 Å². The Bertz CT molecular complexity index is 784. The summed E-state index contributed by atoms with van der Waals surface area (Å²) in [6, 6.07) is 14.4. The molecule has 3 aromatic rings. The van der Waals surface area contributed by atoms with Crippen LogP contribution in [0.4, 0.5) is 0 Å². The van der Waals surface area contributed by atoms with E-state index in [0.29, 0.717) is 23.7 Å². The van der Waals surface area contributed by atoms with E-state index >= 15 is 0 Å². The standard InChI is InChI=1S/C18H16ClN3O2/c19-15-3-7-17(8-4-15)24-12-10-21-18(23)14-1-5-16(6-2-14)22-11-9-20-13-22/h1-9,11,13H,10,12H2,(H,21,23). The topological polar surface area (TPSA) is 56.1 Å². The number of rotatable bonds is 6.